The molecule has 0 spiro atoms. The maximum atomic E-state index is 3.22. The summed E-state index contributed by atoms with van der Waals surface area (Å²) >= 11 is 0. The van der Waals surface area contributed by atoms with Crippen molar-refractivity contribution in [2.24, 2.45) is 0 Å². The van der Waals surface area contributed by atoms with Gasteiger partial charge in [-0.3, -0.25) is 0 Å². The molecule has 0 aliphatic carbocycles. The van der Waals surface area contributed by atoms with Crippen LogP contribution in [0.15, 0.2) is 36.5 Å². The topological polar surface area (TPSA) is 74.8 Å². The number of aromatic amines is 1. The quantitative estimate of drug-likeness (QED) is 0.543. The Labute approximate surface area is 96.0 Å². The summed E-state index contributed by atoms with van der Waals surface area (Å²) in [5, 5.41) is 7.72. The molecule has 1 aromatic carbocycles. The summed E-state index contributed by atoms with van der Waals surface area (Å²) in [6.07, 6.45) is 1.95. The molecule has 4 heteroatoms. The molecule has 1 aromatic heterocycles. The van der Waals surface area contributed by atoms with E-state index < -0.39 is 0 Å². The van der Waals surface area contributed by atoms with Crippen molar-refractivity contribution in [2.45, 2.75) is 0 Å². The SMILES string of the molecule is C1CNCCN1.N.c1ccc2[nH]ccc2c1. The van der Waals surface area contributed by atoms with Crippen LogP contribution in [0.25, 0.3) is 10.9 Å². The summed E-state index contributed by atoms with van der Waals surface area (Å²) in [5.41, 5.74) is 1.21. The van der Waals surface area contributed by atoms with Gasteiger partial charge in [-0.05, 0) is 17.5 Å². The molecule has 4 nitrogen and oxygen atoms in total. The Morgan fingerprint density at radius 2 is 1.44 bits per heavy atom. The van der Waals surface area contributed by atoms with Gasteiger partial charge in [-0.2, -0.15) is 0 Å². The first-order valence-electron chi connectivity index (χ1n) is 5.40. The smallest absolute Gasteiger partial charge is 0.0453 e. The Kier molecular flexibility index (Phi) is 5.56. The van der Waals surface area contributed by atoms with Gasteiger partial charge in [-0.1, -0.05) is 18.2 Å². The van der Waals surface area contributed by atoms with E-state index in [-0.39, 0.29) is 6.15 Å². The van der Waals surface area contributed by atoms with Crippen LogP contribution < -0.4 is 16.8 Å². The summed E-state index contributed by atoms with van der Waals surface area (Å²) < 4.78 is 0. The zero-order valence-electron chi connectivity index (χ0n) is 9.50. The van der Waals surface area contributed by atoms with Crippen LogP contribution in [0.4, 0.5) is 0 Å². The number of fused-ring (bicyclic) bond motifs is 1. The molecule has 1 fully saturated rings. The van der Waals surface area contributed by atoms with Gasteiger partial charge in [0.05, 0.1) is 0 Å². The van der Waals surface area contributed by atoms with Crippen LogP contribution in [0.5, 0.6) is 0 Å². The summed E-state index contributed by atoms with van der Waals surface area (Å²) in [5.74, 6) is 0. The van der Waals surface area contributed by atoms with Gasteiger partial charge in [-0.25, -0.2) is 0 Å². The van der Waals surface area contributed by atoms with E-state index in [1.807, 2.05) is 18.3 Å². The summed E-state index contributed by atoms with van der Waals surface area (Å²) in [4.78, 5) is 3.12. The number of para-hydroxylation sites is 1. The van der Waals surface area contributed by atoms with E-state index in [4.69, 9.17) is 0 Å². The Morgan fingerprint density at radius 3 is 2.00 bits per heavy atom. The lowest BCUT2D eigenvalue weighted by Gasteiger charge is -2.11. The molecule has 0 amide bonds. The highest BCUT2D eigenvalue weighted by molar-refractivity contribution is 5.78. The Balaban J connectivity index is 0.000000162. The van der Waals surface area contributed by atoms with E-state index in [1.165, 1.54) is 10.9 Å². The number of benzene rings is 1. The number of rotatable bonds is 0. The molecule has 3 rings (SSSR count). The molecule has 0 saturated carbocycles. The van der Waals surface area contributed by atoms with Gasteiger partial charge in [0.2, 0.25) is 0 Å². The van der Waals surface area contributed by atoms with Crippen molar-refractivity contribution >= 4 is 10.9 Å². The van der Waals surface area contributed by atoms with Crippen LogP contribution >= 0.6 is 0 Å². The zero-order valence-corrected chi connectivity index (χ0v) is 9.50. The first-order valence-corrected chi connectivity index (χ1v) is 5.40. The Morgan fingerprint density at radius 1 is 0.812 bits per heavy atom. The highest BCUT2D eigenvalue weighted by atomic mass is 15.0. The Bertz CT molecular complexity index is 351. The first kappa shape index (κ1) is 12.7. The minimum atomic E-state index is 0. The van der Waals surface area contributed by atoms with Crippen molar-refractivity contribution in [3.05, 3.63) is 36.5 Å². The van der Waals surface area contributed by atoms with Crippen molar-refractivity contribution in [2.75, 3.05) is 26.2 Å². The van der Waals surface area contributed by atoms with Gasteiger partial charge in [-0.15, -0.1) is 0 Å². The van der Waals surface area contributed by atoms with Gasteiger partial charge in [0.15, 0.2) is 0 Å². The lowest BCUT2D eigenvalue weighted by Crippen LogP contribution is -2.39. The summed E-state index contributed by atoms with van der Waals surface area (Å²) in [7, 11) is 0. The normalized spacial score (nSPS) is 14.8. The molecule has 88 valence electrons. The molecule has 1 saturated heterocycles. The van der Waals surface area contributed by atoms with Gasteiger partial charge in [0, 0.05) is 37.9 Å². The third kappa shape index (κ3) is 3.66. The second-order valence-electron chi connectivity index (χ2n) is 3.56. The minimum Gasteiger partial charge on any atom is -0.361 e. The fourth-order valence-corrected chi connectivity index (χ4v) is 1.60. The number of hydrogen-bond acceptors (Lipinski definition) is 3. The van der Waals surface area contributed by atoms with Crippen LogP contribution in [-0.2, 0) is 0 Å². The van der Waals surface area contributed by atoms with Crippen LogP contribution in [0.3, 0.4) is 0 Å². The minimum absolute atomic E-state index is 0. The second-order valence-corrected chi connectivity index (χ2v) is 3.56. The van der Waals surface area contributed by atoms with E-state index >= 15 is 0 Å². The van der Waals surface area contributed by atoms with Crippen molar-refractivity contribution < 1.29 is 0 Å². The molecule has 1 aliphatic rings. The fourth-order valence-electron chi connectivity index (χ4n) is 1.60. The monoisotopic (exact) mass is 220 g/mol. The fraction of sp³-hybridized carbons (Fsp3) is 0.333. The molecular weight excluding hydrogens is 200 g/mol. The number of aromatic nitrogens is 1. The highest BCUT2D eigenvalue weighted by Gasteiger charge is 1.91. The third-order valence-corrected chi connectivity index (χ3v) is 2.42. The van der Waals surface area contributed by atoms with Crippen molar-refractivity contribution in [1.29, 1.82) is 0 Å². The molecule has 6 N–H and O–H groups in total. The molecule has 0 atom stereocenters. The van der Waals surface area contributed by atoms with Gasteiger partial charge >= 0.3 is 0 Å². The van der Waals surface area contributed by atoms with E-state index in [2.05, 4.69) is 33.8 Å². The predicted octanol–water partition coefficient (Wildman–Crippen LogP) is 1.51. The van der Waals surface area contributed by atoms with Crippen LogP contribution in [0.1, 0.15) is 0 Å². The lowest BCUT2D eigenvalue weighted by molar-refractivity contribution is 0.534. The second kappa shape index (κ2) is 7.00. The van der Waals surface area contributed by atoms with Crippen molar-refractivity contribution in [1.82, 2.24) is 21.8 Å². The molecule has 2 heterocycles. The predicted molar refractivity (Wildman–Crippen MR) is 69.1 cm³/mol. The van der Waals surface area contributed by atoms with E-state index in [0.29, 0.717) is 0 Å². The highest BCUT2D eigenvalue weighted by Crippen LogP contribution is 2.09. The van der Waals surface area contributed by atoms with Gasteiger partial charge in [0.25, 0.3) is 0 Å². The molecule has 2 aromatic rings. The maximum absolute atomic E-state index is 3.22. The number of nitrogens with one attached hydrogen (secondary N) is 3. The van der Waals surface area contributed by atoms with E-state index in [9.17, 15) is 0 Å². The van der Waals surface area contributed by atoms with Gasteiger partial charge in [0.1, 0.15) is 0 Å². The molecule has 0 bridgehead atoms. The molecule has 1 aliphatic heterocycles. The molecular formula is C12H20N4. The average molecular weight is 220 g/mol. The van der Waals surface area contributed by atoms with Crippen LogP contribution in [0, 0.1) is 0 Å². The van der Waals surface area contributed by atoms with Crippen LogP contribution in [0.2, 0.25) is 0 Å². The first-order chi connectivity index (χ1) is 7.47. The zero-order chi connectivity index (χ0) is 10.3. The standard InChI is InChI=1S/C8H7N.C4H10N2.H3N/c1-2-4-8-7(3-1)5-6-9-8;1-2-6-4-3-5-1;/h1-6,9H;5-6H,1-4H2;1H3. The molecule has 0 radical (unpaired) electrons. The molecule has 0 unspecified atom stereocenters. The summed E-state index contributed by atoms with van der Waals surface area (Å²) in [6, 6.07) is 10.3. The van der Waals surface area contributed by atoms with Crippen molar-refractivity contribution in [3.8, 4) is 0 Å². The summed E-state index contributed by atoms with van der Waals surface area (Å²) in [6.45, 7) is 4.56. The van der Waals surface area contributed by atoms with Gasteiger partial charge < -0.3 is 21.8 Å². The van der Waals surface area contributed by atoms with E-state index in [0.717, 1.165) is 26.2 Å². The van der Waals surface area contributed by atoms with E-state index in [1.54, 1.807) is 0 Å². The maximum Gasteiger partial charge on any atom is 0.0453 e. The molecule has 16 heavy (non-hydrogen) atoms. The van der Waals surface area contributed by atoms with Crippen LogP contribution in [-0.4, -0.2) is 31.2 Å². The van der Waals surface area contributed by atoms with Crippen molar-refractivity contribution in [3.63, 3.8) is 0 Å². The number of H-pyrrole nitrogens is 1. The Hall–Kier alpha value is -1.36. The largest absolute Gasteiger partial charge is 0.361 e. The number of piperazine rings is 1. The third-order valence-electron chi connectivity index (χ3n) is 2.42. The average Bonchev–Trinajstić information content (AvgIpc) is 2.80. The lowest BCUT2D eigenvalue weighted by atomic mass is 10.3. The number of hydrogen-bond donors (Lipinski definition) is 4.